The first-order chi connectivity index (χ1) is 18.7. The molecule has 4 aromatic rings. The lowest BCUT2D eigenvalue weighted by molar-refractivity contribution is -0.128. The Hall–Kier alpha value is -3.44. The van der Waals surface area contributed by atoms with Crippen LogP contribution >= 0.6 is 35.0 Å². The molecular formula is C27H21Cl2N3O5S2. The molecule has 12 heteroatoms. The minimum Gasteiger partial charge on any atom is -0.467 e. The summed E-state index contributed by atoms with van der Waals surface area (Å²) in [5.74, 6) is 0.753. The number of thioether (sulfide) groups is 1. The highest BCUT2D eigenvalue weighted by Crippen LogP contribution is 2.39. The standard InChI is InChI=1S/C27H21Cl2N3O5S2/c28-19-7-12-24(23(29)14-19)31-39(35,36)22-10-8-20(9-11-22)30-26(34)17-3-5-18(6-4-17)27-32(25(33)16-38-27)15-21-2-1-13-37-21/h1-14,27,31H,15-16H2,(H,30,34). The highest BCUT2D eigenvalue weighted by Gasteiger charge is 2.33. The number of hydrogen-bond donors (Lipinski definition) is 2. The van der Waals surface area contributed by atoms with Crippen LogP contribution in [0.25, 0.3) is 0 Å². The van der Waals surface area contributed by atoms with Gasteiger partial charge in [0, 0.05) is 16.3 Å². The first-order valence-electron chi connectivity index (χ1n) is 11.6. The fourth-order valence-electron chi connectivity index (χ4n) is 3.97. The van der Waals surface area contributed by atoms with Gasteiger partial charge in [-0.15, -0.1) is 11.8 Å². The highest BCUT2D eigenvalue weighted by molar-refractivity contribution is 8.00. The van der Waals surface area contributed by atoms with E-state index in [1.54, 1.807) is 29.4 Å². The van der Waals surface area contributed by atoms with Gasteiger partial charge < -0.3 is 14.6 Å². The summed E-state index contributed by atoms with van der Waals surface area (Å²) in [6.07, 6.45) is 1.58. The number of anilines is 2. The van der Waals surface area contributed by atoms with E-state index in [4.69, 9.17) is 27.6 Å². The molecule has 0 radical (unpaired) electrons. The number of amides is 2. The molecule has 1 atom stereocenters. The van der Waals surface area contributed by atoms with Crippen LogP contribution in [0.1, 0.15) is 27.1 Å². The van der Waals surface area contributed by atoms with Gasteiger partial charge >= 0.3 is 0 Å². The van der Waals surface area contributed by atoms with Crippen LogP contribution in [0.2, 0.25) is 10.0 Å². The van der Waals surface area contributed by atoms with Crippen LogP contribution in [0.4, 0.5) is 11.4 Å². The summed E-state index contributed by atoms with van der Waals surface area (Å²) in [4.78, 5) is 27.0. The Labute approximate surface area is 239 Å². The number of nitrogens with one attached hydrogen (secondary N) is 2. The van der Waals surface area contributed by atoms with Gasteiger partial charge in [0.25, 0.3) is 15.9 Å². The number of carbonyl (C=O) groups is 2. The summed E-state index contributed by atoms with van der Waals surface area (Å²) >= 11 is 13.5. The molecule has 1 saturated heterocycles. The maximum absolute atomic E-state index is 12.8. The SMILES string of the molecule is O=C(Nc1ccc(S(=O)(=O)Nc2ccc(Cl)cc2Cl)cc1)c1ccc(C2SCC(=O)N2Cc2ccco2)cc1. The fourth-order valence-corrected chi connectivity index (χ4v) is 6.75. The third kappa shape index (κ3) is 6.25. The van der Waals surface area contributed by atoms with Crippen LogP contribution in [0.15, 0.2) is 94.4 Å². The lowest BCUT2D eigenvalue weighted by atomic mass is 10.1. The summed E-state index contributed by atoms with van der Waals surface area (Å²) in [5, 5.41) is 3.15. The van der Waals surface area contributed by atoms with Crippen LogP contribution < -0.4 is 10.0 Å². The van der Waals surface area contributed by atoms with Gasteiger partial charge in [-0.2, -0.15) is 0 Å². The van der Waals surface area contributed by atoms with Gasteiger partial charge in [-0.25, -0.2) is 8.42 Å². The minimum absolute atomic E-state index is 0.00131. The van der Waals surface area contributed by atoms with Crippen molar-refractivity contribution in [3.8, 4) is 0 Å². The van der Waals surface area contributed by atoms with E-state index in [9.17, 15) is 18.0 Å². The summed E-state index contributed by atoms with van der Waals surface area (Å²) < 4.78 is 33.3. The molecule has 39 heavy (non-hydrogen) atoms. The molecule has 3 aromatic carbocycles. The molecular weight excluding hydrogens is 581 g/mol. The second kappa shape index (κ2) is 11.4. The largest absolute Gasteiger partial charge is 0.467 e. The number of sulfonamides is 1. The van der Waals surface area contributed by atoms with E-state index in [-0.39, 0.29) is 32.8 Å². The summed E-state index contributed by atoms with van der Waals surface area (Å²) in [7, 11) is -3.91. The maximum Gasteiger partial charge on any atom is 0.261 e. The van der Waals surface area contributed by atoms with Crippen molar-refractivity contribution in [2.75, 3.05) is 15.8 Å². The molecule has 200 valence electrons. The van der Waals surface area contributed by atoms with Gasteiger partial charge in [-0.3, -0.25) is 14.3 Å². The first kappa shape index (κ1) is 27.1. The Morgan fingerprint density at radius 1 is 1.03 bits per heavy atom. The number of benzene rings is 3. The van der Waals surface area contributed by atoms with E-state index in [0.717, 1.165) is 5.56 Å². The van der Waals surface area contributed by atoms with E-state index in [1.807, 2.05) is 18.2 Å². The lowest BCUT2D eigenvalue weighted by Gasteiger charge is -2.23. The smallest absolute Gasteiger partial charge is 0.261 e. The molecule has 0 bridgehead atoms. The molecule has 1 aliphatic rings. The average Bonchev–Trinajstić information content (AvgIpc) is 3.56. The van der Waals surface area contributed by atoms with Crippen LogP contribution in [0.5, 0.6) is 0 Å². The molecule has 1 aliphatic heterocycles. The minimum atomic E-state index is -3.91. The van der Waals surface area contributed by atoms with Crippen molar-refractivity contribution in [1.82, 2.24) is 4.90 Å². The molecule has 1 fully saturated rings. The number of carbonyl (C=O) groups excluding carboxylic acids is 2. The van der Waals surface area contributed by atoms with Gasteiger partial charge in [0.2, 0.25) is 5.91 Å². The van der Waals surface area contributed by atoms with Crippen molar-refractivity contribution in [3.05, 3.63) is 112 Å². The molecule has 2 amide bonds. The summed E-state index contributed by atoms with van der Waals surface area (Å²) in [6, 6.07) is 20.8. The third-order valence-electron chi connectivity index (χ3n) is 5.93. The van der Waals surface area contributed by atoms with Gasteiger partial charge in [-0.1, -0.05) is 35.3 Å². The Balaban J connectivity index is 1.23. The second-order valence-electron chi connectivity index (χ2n) is 8.59. The Kier molecular flexibility index (Phi) is 7.90. The Bertz CT molecular complexity index is 1610. The van der Waals surface area contributed by atoms with E-state index in [0.29, 0.717) is 34.3 Å². The maximum atomic E-state index is 12.8. The Morgan fingerprint density at radius 3 is 2.44 bits per heavy atom. The van der Waals surface area contributed by atoms with Gasteiger partial charge in [0.15, 0.2) is 0 Å². The summed E-state index contributed by atoms with van der Waals surface area (Å²) in [6.45, 7) is 0.375. The molecule has 0 saturated carbocycles. The van der Waals surface area contributed by atoms with Crippen LogP contribution in [-0.4, -0.2) is 30.9 Å². The zero-order valence-electron chi connectivity index (χ0n) is 20.1. The quantitative estimate of drug-likeness (QED) is 0.241. The Morgan fingerprint density at radius 2 is 1.77 bits per heavy atom. The van der Waals surface area contributed by atoms with Crippen molar-refractivity contribution in [2.45, 2.75) is 16.8 Å². The lowest BCUT2D eigenvalue weighted by Crippen LogP contribution is -2.27. The van der Waals surface area contributed by atoms with Gasteiger partial charge in [0.1, 0.15) is 11.1 Å². The predicted octanol–water partition coefficient (Wildman–Crippen LogP) is 6.41. The highest BCUT2D eigenvalue weighted by atomic mass is 35.5. The van der Waals surface area contributed by atoms with Crippen LogP contribution in [0.3, 0.4) is 0 Å². The predicted molar refractivity (Wildman–Crippen MR) is 153 cm³/mol. The number of furan rings is 1. The monoisotopic (exact) mass is 601 g/mol. The van der Waals surface area contributed by atoms with Crippen LogP contribution in [-0.2, 0) is 21.4 Å². The molecule has 1 aromatic heterocycles. The number of rotatable bonds is 8. The molecule has 8 nitrogen and oxygen atoms in total. The van der Waals surface area contributed by atoms with Gasteiger partial charge in [-0.05, 0) is 72.3 Å². The van der Waals surface area contributed by atoms with Gasteiger partial charge in [0.05, 0.1) is 34.2 Å². The zero-order chi connectivity index (χ0) is 27.6. The van der Waals surface area contributed by atoms with Crippen molar-refractivity contribution in [2.24, 2.45) is 0 Å². The molecule has 5 rings (SSSR count). The molecule has 0 aliphatic carbocycles. The molecule has 2 heterocycles. The number of halogens is 2. The van der Waals surface area contributed by atoms with Crippen molar-refractivity contribution in [1.29, 1.82) is 0 Å². The topological polar surface area (TPSA) is 109 Å². The van der Waals surface area contributed by atoms with E-state index >= 15 is 0 Å². The van der Waals surface area contributed by atoms with E-state index in [1.165, 1.54) is 54.2 Å². The summed E-state index contributed by atoms with van der Waals surface area (Å²) in [5.41, 5.74) is 1.94. The van der Waals surface area contributed by atoms with E-state index < -0.39 is 10.0 Å². The molecule has 2 N–H and O–H groups in total. The number of nitrogens with zero attached hydrogens (tertiary/aromatic N) is 1. The zero-order valence-corrected chi connectivity index (χ0v) is 23.3. The second-order valence-corrected chi connectivity index (χ2v) is 12.2. The fraction of sp³-hybridized carbons (Fsp3) is 0.111. The molecule has 0 spiro atoms. The van der Waals surface area contributed by atoms with E-state index in [2.05, 4.69) is 10.0 Å². The normalized spacial score (nSPS) is 15.4. The van der Waals surface area contributed by atoms with Crippen molar-refractivity contribution in [3.63, 3.8) is 0 Å². The third-order valence-corrected chi connectivity index (χ3v) is 9.12. The molecule has 1 unspecified atom stereocenters. The van der Waals surface area contributed by atoms with Crippen molar-refractivity contribution < 1.29 is 22.4 Å². The van der Waals surface area contributed by atoms with Crippen LogP contribution in [0, 0.1) is 0 Å². The number of hydrogen-bond acceptors (Lipinski definition) is 6. The average molecular weight is 603 g/mol. The first-order valence-corrected chi connectivity index (χ1v) is 14.9. The van der Waals surface area contributed by atoms with Crippen molar-refractivity contribution >= 4 is 68.2 Å².